The summed E-state index contributed by atoms with van der Waals surface area (Å²) in [6.45, 7) is 11.1. The number of likely N-dealkylation sites (tertiary alicyclic amines) is 1. The Kier molecular flexibility index (Phi) is 5.89. The highest BCUT2D eigenvalue weighted by Gasteiger charge is 2.19. The Morgan fingerprint density at radius 3 is 2.72 bits per heavy atom. The number of nitrogens with zero attached hydrogens (tertiary/aromatic N) is 1. The van der Waals surface area contributed by atoms with Gasteiger partial charge in [-0.2, -0.15) is 0 Å². The summed E-state index contributed by atoms with van der Waals surface area (Å²) >= 11 is 0. The molecule has 0 spiro atoms. The van der Waals surface area contributed by atoms with Gasteiger partial charge in [0.1, 0.15) is 0 Å². The first-order valence-electron chi connectivity index (χ1n) is 7.53. The van der Waals surface area contributed by atoms with E-state index in [0.29, 0.717) is 18.1 Å². The van der Waals surface area contributed by atoms with Crippen molar-refractivity contribution in [2.24, 2.45) is 0 Å². The van der Waals surface area contributed by atoms with Crippen molar-refractivity contribution in [1.82, 2.24) is 15.5 Å². The summed E-state index contributed by atoms with van der Waals surface area (Å²) in [5.74, 6) is 0. The molecule has 4 nitrogen and oxygen atoms in total. The first-order valence-corrected chi connectivity index (χ1v) is 7.53. The third-order valence-corrected chi connectivity index (χ3v) is 3.94. The molecule has 18 heavy (non-hydrogen) atoms. The summed E-state index contributed by atoms with van der Waals surface area (Å²) in [5.41, 5.74) is 0. The molecule has 0 bridgehead atoms. The van der Waals surface area contributed by atoms with Gasteiger partial charge in [-0.25, -0.2) is 0 Å². The van der Waals surface area contributed by atoms with Crippen LogP contribution in [0.5, 0.6) is 0 Å². The van der Waals surface area contributed by atoms with Crippen molar-refractivity contribution >= 4 is 0 Å². The molecular formula is C14H29N3O. The standard InChI is InChI=1S/C14H29N3O/c1-12(9-14-11-18-8-5-15-14)16-13(2)10-17-6-3-4-7-17/h12-16H,3-11H2,1-2H3. The summed E-state index contributed by atoms with van der Waals surface area (Å²) in [6.07, 6.45) is 3.92. The van der Waals surface area contributed by atoms with E-state index < -0.39 is 0 Å². The lowest BCUT2D eigenvalue weighted by atomic mass is 10.1. The van der Waals surface area contributed by atoms with Crippen molar-refractivity contribution in [3.63, 3.8) is 0 Å². The Hall–Kier alpha value is -0.160. The molecule has 4 heteroatoms. The van der Waals surface area contributed by atoms with Crippen molar-refractivity contribution in [2.75, 3.05) is 39.4 Å². The monoisotopic (exact) mass is 255 g/mol. The second-order valence-electron chi connectivity index (χ2n) is 5.94. The fraction of sp³-hybridized carbons (Fsp3) is 1.00. The molecule has 2 N–H and O–H groups in total. The van der Waals surface area contributed by atoms with Crippen LogP contribution in [-0.4, -0.2) is 62.4 Å². The fourth-order valence-electron chi connectivity index (χ4n) is 3.16. The molecule has 2 aliphatic rings. The Morgan fingerprint density at radius 1 is 1.28 bits per heavy atom. The minimum Gasteiger partial charge on any atom is -0.379 e. The van der Waals surface area contributed by atoms with Gasteiger partial charge < -0.3 is 20.3 Å². The van der Waals surface area contributed by atoms with Gasteiger partial charge in [0.25, 0.3) is 0 Å². The predicted octanol–water partition coefficient (Wildman–Crippen LogP) is 0.827. The van der Waals surface area contributed by atoms with Gasteiger partial charge in [-0.15, -0.1) is 0 Å². The molecule has 106 valence electrons. The molecule has 2 fully saturated rings. The zero-order valence-electron chi connectivity index (χ0n) is 12.0. The summed E-state index contributed by atoms with van der Waals surface area (Å²) in [6, 6.07) is 1.67. The molecule has 0 aliphatic carbocycles. The van der Waals surface area contributed by atoms with E-state index in [0.717, 1.165) is 26.2 Å². The minimum atomic E-state index is 0.528. The van der Waals surface area contributed by atoms with E-state index in [1.54, 1.807) is 0 Å². The molecule has 3 unspecified atom stereocenters. The molecular weight excluding hydrogens is 226 g/mol. The molecule has 0 saturated carbocycles. The third kappa shape index (κ3) is 4.84. The molecule has 3 atom stereocenters. The highest BCUT2D eigenvalue weighted by Crippen LogP contribution is 2.08. The quantitative estimate of drug-likeness (QED) is 0.737. The Bertz CT molecular complexity index is 225. The SMILES string of the molecule is CC(CC1COCCN1)NC(C)CN1CCCC1. The number of hydrogen-bond donors (Lipinski definition) is 2. The van der Waals surface area contributed by atoms with Crippen molar-refractivity contribution in [1.29, 1.82) is 0 Å². The number of nitrogens with one attached hydrogen (secondary N) is 2. The Labute approximate surface area is 111 Å². The highest BCUT2D eigenvalue weighted by molar-refractivity contribution is 4.79. The van der Waals surface area contributed by atoms with Gasteiger partial charge in [0.2, 0.25) is 0 Å². The first-order chi connectivity index (χ1) is 8.74. The lowest BCUT2D eigenvalue weighted by molar-refractivity contribution is 0.0706. The maximum atomic E-state index is 5.50. The predicted molar refractivity (Wildman–Crippen MR) is 75.0 cm³/mol. The van der Waals surface area contributed by atoms with Crippen LogP contribution in [0, 0.1) is 0 Å². The van der Waals surface area contributed by atoms with Crippen LogP contribution >= 0.6 is 0 Å². The van der Waals surface area contributed by atoms with Crippen LogP contribution in [-0.2, 0) is 4.74 Å². The summed E-state index contributed by atoms with van der Waals surface area (Å²) in [4.78, 5) is 2.58. The van der Waals surface area contributed by atoms with Crippen molar-refractivity contribution < 1.29 is 4.74 Å². The van der Waals surface area contributed by atoms with E-state index in [1.807, 2.05) is 0 Å². The van der Waals surface area contributed by atoms with Crippen LogP contribution in [0.25, 0.3) is 0 Å². The average Bonchev–Trinajstić information content (AvgIpc) is 2.82. The molecule has 2 rings (SSSR count). The first kappa shape index (κ1) is 14.3. The van der Waals surface area contributed by atoms with Crippen molar-refractivity contribution in [3.05, 3.63) is 0 Å². The van der Waals surface area contributed by atoms with E-state index in [1.165, 1.54) is 32.5 Å². The van der Waals surface area contributed by atoms with Gasteiger partial charge in [-0.3, -0.25) is 0 Å². The number of rotatable bonds is 6. The largest absolute Gasteiger partial charge is 0.379 e. The molecule has 2 heterocycles. The van der Waals surface area contributed by atoms with Crippen molar-refractivity contribution in [3.8, 4) is 0 Å². The van der Waals surface area contributed by atoms with Gasteiger partial charge in [-0.1, -0.05) is 0 Å². The van der Waals surface area contributed by atoms with E-state index in [-0.39, 0.29) is 0 Å². The maximum Gasteiger partial charge on any atom is 0.0620 e. The molecule has 0 aromatic heterocycles. The normalized spacial score (nSPS) is 29.3. The van der Waals surface area contributed by atoms with Gasteiger partial charge >= 0.3 is 0 Å². The summed E-state index contributed by atoms with van der Waals surface area (Å²) < 4.78 is 5.50. The molecule has 0 radical (unpaired) electrons. The van der Waals surface area contributed by atoms with Gasteiger partial charge in [-0.05, 0) is 46.2 Å². The molecule has 0 amide bonds. The molecule has 0 aromatic rings. The van der Waals surface area contributed by atoms with Crippen LogP contribution in [0.3, 0.4) is 0 Å². The highest BCUT2D eigenvalue weighted by atomic mass is 16.5. The lowest BCUT2D eigenvalue weighted by Crippen LogP contribution is -2.48. The topological polar surface area (TPSA) is 36.5 Å². The third-order valence-electron chi connectivity index (χ3n) is 3.94. The molecule has 2 aliphatic heterocycles. The molecule has 2 saturated heterocycles. The van der Waals surface area contributed by atoms with E-state index in [2.05, 4.69) is 29.4 Å². The zero-order valence-corrected chi connectivity index (χ0v) is 12.0. The lowest BCUT2D eigenvalue weighted by Gasteiger charge is -2.29. The Morgan fingerprint density at radius 2 is 2.06 bits per heavy atom. The van der Waals surface area contributed by atoms with Gasteiger partial charge in [0.05, 0.1) is 13.2 Å². The average molecular weight is 255 g/mol. The van der Waals surface area contributed by atoms with Gasteiger partial charge in [0, 0.05) is 31.2 Å². The van der Waals surface area contributed by atoms with E-state index in [4.69, 9.17) is 4.74 Å². The minimum absolute atomic E-state index is 0.528. The fourth-order valence-corrected chi connectivity index (χ4v) is 3.16. The van der Waals surface area contributed by atoms with Crippen LogP contribution in [0.2, 0.25) is 0 Å². The second kappa shape index (κ2) is 7.43. The van der Waals surface area contributed by atoms with Crippen LogP contribution < -0.4 is 10.6 Å². The van der Waals surface area contributed by atoms with Crippen LogP contribution in [0.4, 0.5) is 0 Å². The second-order valence-corrected chi connectivity index (χ2v) is 5.94. The van der Waals surface area contributed by atoms with Crippen LogP contribution in [0.15, 0.2) is 0 Å². The van der Waals surface area contributed by atoms with Crippen molar-refractivity contribution in [2.45, 2.75) is 51.2 Å². The number of hydrogen-bond acceptors (Lipinski definition) is 4. The number of morpholine rings is 1. The van der Waals surface area contributed by atoms with E-state index in [9.17, 15) is 0 Å². The summed E-state index contributed by atoms with van der Waals surface area (Å²) in [7, 11) is 0. The number of ether oxygens (including phenoxy) is 1. The van der Waals surface area contributed by atoms with Gasteiger partial charge in [0.15, 0.2) is 0 Å². The Balaban J connectivity index is 1.61. The smallest absolute Gasteiger partial charge is 0.0620 e. The van der Waals surface area contributed by atoms with Crippen LogP contribution in [0.1, 0.15) is 33.1 Å². The zero-order chi connectivity index (χ0) is 12.8. The van der Waals surface area contributed by atoms with E-state index >= 15 is 0 Å². The maximum absolute atomic E-state index is 5.50. The molecule has 0 aromatic carbocycles. The summed E-state index contributed by atoms with van der Waals surface area (Å²) in [5, 5.41) is 7.24.